The summed E-state index contributed by atoms with van der Waals surface area (Å²) >= 11 is 1.41. The molecule has 1 unspecified atom stereocenters. The molecule has 0 bridgehead atoms. The highest BCUT2D eigenvalue weighted by Crippen LogP contribution is 2.32. The number of carbonyl (C=O) groups is 2. The average molecular weight is 451 g/mol. The molecule has 2 aliphatic heterocycles. The van der Waals surface area contributed by atoms with E-state index >= 15 is 0 Å². The molecule has 0 saturated carbocycles. The number of amides is 2. The number of rotatable bonds is 6. The zero-order chi connectivity index (χ0) is 22.1. The van der Waals surface area contributed by atoms with Crippen molar-refractivity contribution >= 4 is 49.9 Å². The van der Waals surface area contributed by atoms with E-state index in [0.29, 0.717) is 18.3 Å². The molecule has 3 aromatic rings. The molecule has 0 aliphatic carbocycles. The summed E-state index contributed by atoms with van der Waals surface area (Å²) < 4.78 is 6.49. The van der Waals surface area contributed by atoms with Gasteiger partial charge in [0, 0.05) is 37.4 Å². The summed E-state index contributed by atoms with van der Waals surface area (Å²) in [5.41, 5.74) is 2.85. The number of thiazole rings is 1. The Morgan fingerprint density at radius 3 is 2.66 bits per heavy atom. The number of aromatic nitrogens is 1. The van der Waals surface area contributed by atoms with Gasteiger partial charge in [0.25, 0.3) is 0 Å². The largest absolute Gasteiger partial charge is 0.494 e. The zero-order valence-electron chi connectivity index (χ0n) is 18.0. The van der Waals surface area contributed by atoms with E-state index < -0.39 is 5.92 Å². The minimum absolute atomic E-state index is 0.0234. The van der Waals surface area contributed by atoms with Crippen LogP contribution in [0.15, 0.2) is 42.5 Å². The Kier molecular flexibility index (Phi) is 5.70. The Hall–Kier alpha value is -3.13. The van der Waals surface area contributed by atoms with Gasteiger partial charge in [-0.15, -0.1) is 0 Å². The van der Waals surface area contributed by atoms with E-state index in [1.54, 1.807) is 4.90 Å². The van der Waals surface area contributed by atoms with Crippen LogP contribution >= 0.6 is 11.3 Å². The highest BCUT2D eigenvalue weighted by atomic mass is 32.1. The quantitative estimate of drug-likeness (QED) is 0.607. The summed E-state index contributed by atoms with van der Waals surface area (Å²) in [4.78, 5) is 34.1. The second kappa shape index (κ2) is 8.78. The molecule has 8 heteroatoms. The summed E-state index contributed by atoms with van der Waals surface area (Å²) in [5.74, 6) is 0.199. The number of nitrogens with one attached hydrogen (secondary N) is 1. The van der Waals surface area contributed by atoms with Crippen LogP contribution in [0.3, 0.4) is 0 Å². The first-order valence-electron chi connectivity index (χ1n) is 11.1. The monoisotopic (exact) mass is 450 g/mol. The van der Waals surface area contributed by atoms with Crippen molar-refractivity contribution in [2.24, 2.45) is 5.92 Å². The number of anilines is 3. The fourth-order valence-corrected chi connectivity index (χ4v) is 5.27. The molecule has 2 amide bonds. The zero-order valence-corrected chi connectivity index (χ0v) is 18.9. The molecule has 2 aliphatic rings. The van der Waals surface area contributed by atoms with E-state index in [1.165, 1.54) is 29.9 Å². The van der Waals surface area contributed by atoms with Crippen molar-refractivity contribution in [3.05, 3.63) is 42.5 Å². The smallest absolute Gasteiger partial charge is 0.231 e. The van der Waals surface area contributed by atoms with Gasteiger partial charge in [0.15, 0.2) is 5.13 Å². The molecule has 1 aromatic heterocycles. The van der Waals surface area contributed by atoms with Crippen LogP contribution in [0.5, 0.6) is 5.75 Å². The molecular formula is C24H26N4O3S. The summed E-state index contributed by atoms with van der Waals surface area (Å²) in [6.07, 6.45) is 2.66. The molecule has 0 radical (unpaired) electrons. The van der Waals surface area contributed by atoms with Crippen LogP contribution in [-0.4, -0.2) is 43.0 Å². The third-order valence-electron chi connectivity index (χ3n) is 6.03. The van der Waals surface area contributed by atoms with Crippen LogP contribution in [0.1, 0.15) is 26.2 Å². The Morgan fingerprint density at radius 2 is 1.91 bits per heavy atom. The molecule has 7 nitrogen and oxygen atoms in total. The van der Waals surface area contributed by atoms with E-state index in [1.807, 2.05) is 37.3 Å². The second-order valence-corrected chi connectivity index (χ2v) is 9.22. The van der Waals surface area contributed by atoms with Gasteiger partial charge in [-0.1, -0.05) is 11.3 Å². The minimum Gasteiger partial charge on any atom is -0.494 e. The number of fused-ring (bicyclic) bond motifs is 1. The molecule has 2 saturated heterocycles. The fourth-order valence-electron chi connectivity index (χ4n) is 4.37. The summed E-state index contributed by atoms with van der Waals surface area (Å²) in [6.45, 7) is 5.09. The standard InChI is InChI=1S/C24H26N4O3S/c1-2-31-19-9-10-20-21(14-19)32-24(25-20)26-23(30)16-13-22(29)28(15-16)18-7-5-17(6-8-18)27-11-3-4-12-27/h5-10,14,16H,2-4,11-13,15H2,1H3,(H,25,26,30). The molecule has 166 valence electrons. The fraction of sp³-hybridized carbons (Fsp3) is 0.375. The highest BCUT2D eigenvalue weighted by molar-refractivity contribution is 7.22. The molecule has 1 N–H and O–H groups in total. The van der Waals surface area contributed by atoms with E-state index in [-0.39, 0.29) is 18.2 Å². The molecule has 2 fully saturated rings. The van der Waals surface area contributed by atoms with Crippen molar-refractivity contribution in [2.45, 2.75) is 26.2 Å². The lowest BCUT2D eigenvalue weighted by Crippen LogP contribution is -2.28. The Bertz CT molecular complexity index is 1140. The van der Waals surface area contributed by atoms with E-state index in [0.717, 1.165) is 34.7 Å². The predicted octanol–water partition coefficient (Wildman–Crippen LogP) is 4.29. The van der Waals surface area contributed by atoms with Crippen LogP contribution in [0.2, 0.25) is 0 Å². The minimum atomic E-state index is -0.397. The SMILES string of the molecule is CCOc1ccc2nc(NC(=O)C3CC(=O)N(c4ccc(N5CCCC5)cc4)C3)sc2c1. The summed E-state index contributed by atoms with van der Waals surface area (Å²) in [5, 5.41) is 3.45. The Morgan fingerprint density at radius 1 is 1.16 bits per heavy atom. The second-order valence-electron chi connectivity index (χ2n) is 8.19. The van der Waals surface area contributed by atoms with Gasteiger partial charge >= 0.3 is 0 Å². The van der Waals surface area contributed by atoms with Crippen LogP contribution in [0.25, 0.3) is 10.2 Å². The van der Waals surface area contributed by atoms with E-state index in [9.17, 15) is 9.59 Å². The van der Waals surface area contributed by atoms with Gasteiger partial charge in [0.05, 0.1) is 22.7 Å². The Balaban J connectivity index is 1.24. The van der Waals surface area contributed by atoms with Gasteiger partial charge in [-0.25, -0.2) is 4.98 Å². The highest BCUT2D eigenvalue weighted by Gasteiger charge is 2.35. The van der Waals surface area contributed by atoms with Crippen molar-refractivity contribution in [1.82, 2.24) is 4.98 Å². The maximum atomic E-state index is 12.9. The first-order chi connectivity index (χ1) is 15.6. The van der Waals surface area contributed by atoms with Gasteiger partial charge in [0.1, 0.15) is 5.75 Å². The number of hydrogen-bond donors (Lipinski definition) is 1. The van der Waals surface area contributed by atoms with E-state index in [4.69, 9.17) is 4.74 Å². The van der Waals surface area contributed by atoms with Crippen molar-refractivity contribution in [2.75, 3.05) is 41.4 Å². The van der Waals surface area contributed by atoms with Gasteiger partial charge < -0.3 is 19.9 Å². The predicted molar refractivity (Wildman–Crippen MR) is 128 cm³/mol. The normalized spacial score (nSPS) is 18.5. The third kappa shape index (κ3) is 4.14. The first kappa shape index (κ1) is 20.8. The molecule has 5 rings (SSSR count). The molecule has 3 heterocycles. The summed E-state index contributed by atoms with van der Waals surface area (Å²) in [7, 11) is 0. The maximum Gasteiger partial charge on any atom is 0.231 e. The number of benzene rings is 2. The van der Waals surface area contributed by atoms with Crippen LogP contribution < -0.4 is 19.9 Å². The van der Waals surface area contributed by atoms with Crippen molar-refractivity contribution in [3.63, 3.8) is 0 Å². The number of hydrogen-bond acceptors (Lipinski definition) is 6. The van der Waals surface area contributed by atoms with Crippen molar-refractivity contribution < 1.29 is 14.3 Å². The number of ether oxygens (including phenoxy) is 1. The lowest BCUT2D eigenvalue weighted by molar-refractivity contribution is -0.122. The first-order valence-corrected chi connectivity index (χ1v) is 11.9. The lowest BCUT2D eigenvalue weighted by atomic mass is 10.1. The third-order valence-corrected chi connectivity index (χ3v) is 6.96. The molecule has 0 spiro atoms. The average Bonchev–Trinajstić information content (AvgIpc) is 3.53. The van der Waals surface area contributed by atoms with Gasteiger partial charge in [0.2, 0.25) is 11.8 Å². The van der Waals surface area contributed by atoms with Crippen LogP contribution in [0, 0.1) is 5.92 Å². The topological polar surface area (TPSA) is 74.8 Å². The van der Waals surface area contributed by atoms with Gasteiger partial charge in [-0.05, 0) is 62.2 Å². The Labute approximate surface area is 191 Å². The lowest BCUT2D eigenvalue weighted by Gasteiger charge is -2.20. The van der Waals surface area contributed by atoms with Gasteiger partial charge in [-0.2, -0.15) is 0 Å². The molecule has 1 atom stereocenters. The number of carbonyl (C=O) groups excluding carboxylic acids is 2. The van der Waals surface area contributed by atoms with Gasteiger partial charge in [-0.3, -0.25) is 9.59 Å². The van der Waals surface area contributed by atoms with Crippen LogP contribution in [0.4, 0.5) is 16.5 Å². The molecular weight excluding hydrogens is 424 g/mol. The molecule has 2 aromatic carbocycles. The summed E-state index contributed by atoms with van der Waals surface area (Å²) in [6, 6.07) is 13.8. The number of nitrogens with zero attached hydrogens (tertiary/aromatic N) is 3. The maximum absolute atomic E-state index is 12.9. The molecule has 32 heavy (non-hydrogen) atoms. The van der Waals surface area contributed by atoms with Crippen molar-refractivity contribution in [1.29, 1.82) is 0 Å². The van der Waals surface area contributed by atoms with E-state index in [2.05, 4.69) is 27.3 Å². The van der Waals surface area contributed by atoms with Crippen LogP contribution in [-0.2, 0) is 9.59 Å². The van der Waals surface area contributed by atoms with Crippen molar-refractivity contribution in [3.8, 4) is 5.75 Å².